The van der Waals surface area contributed by atoms with Gasteiger partial charge in [0, 0.05) is 42.5 Å². The van der Waals surface area contributed by atoms with E-state index in [0.29, 0.717) is 5.92 Å². The summed E-state index contributed by atoms with van der Waals surface area (Å²) in [7, 11) is 0. The molecular weight excluding hydrogens is 284 g/mol. The quantitative estimate of drug-likeness (QED) is 0.803. The van der Waals surface area contributed by atoms with E-state index in [4.69, 9.17) is 10.2 Å². The van der Waals surface area contributed by atoms with Gasteiger partial charge in [-0.1, -0.05) is 48.5 Å². The van der Waals surface area contributed by atoms with Crippen LogP contribution in [0.1, 0.15) is 22.8 Å². The summed E-state index contributed by atoms with van der Waals surface area (Å²) in [4.78, 5) is 2.45. The fourth-order valence-electron chi connectivity index (χ4n) is 3.74. The van der Waals surface area contributed by atoms with Crippen LogP contribution in [0.25, 0.3) is 11.0 Å². The number of nitrogens with zero attached hydrogens (tertiary/aromatic N) is 1. The number of rotatable bonds is 3. The lowest BCUT2D eigenvalue weighted by molar-refractivity contribution is 0.322. The van der Waals surface area contributed by atoms with E-state index in [0.717, 1.165) is 31.0 Å². The molecule has 118 valence electrons. The van der Waals surface area contributed by atoms with Gasteiger partial charge in [0.2, 0.25) is 0 Å². The van der Waals surface area contributed by atoms with Gasteiger partial charge in [0.15, 0.2) is 0 Å². The predicted molar refractivity (Wildman–Crippen MR) is 93.4 cm³/mol. The SMILES string of the molecule is Cc1oc2ccccc2c1CN1C[C@@H](N)[C@H](c2ccccc2)C1. The van der Waals surface area contributed by atoms with Gasteiger partial charge in [-0.25, -0.2) is 0 Å². The second-order valence-corrected chi connectivity index (χ2v) is 6.51. The van der Waals surface area contributed by atoms with E-state index in [1.165, 1.54) is 16.5 Å². The molecule has 0 radical (unpaired) electrons. The topological polar surface area (TPSA) is 42.4 Å². The van der Waals surface area contributed by atoms with Crippen LogP contribution in [0.3, 0.4) is 0 Å². The zero-order valence-electron chi connectivity index (χ0n) is 13.4. The summed E-state index contributed by atoms with van der Waals surface area (Å²) < 4.78 is 5.89. The second kappa shape index (κ2) is 5.84. The number of likely N-dealkylation sites (tertiary alicyclic amines) is 1. The highest BCUT2D eigenvalue weighted by atomic mass is 16.3. The van der Waals surface area contributed by atoms with Gasteiger partial charge in [-0.3, -0.25) is 4.90 Å². The molecule has 1 fully saturated rings. The number of benzene rings is 2. The number of nitrogens with two attached hydrogens (primary N) is 1. The zero-order chi connectivity index (χ0) is 15.8. The lowest BCUT2D eigenvalue weighted by Crippen LogP contribution is -2.28. The van der Waals surface area contributed by atoms with Crippen molar-refractivity contribution in [1.82, 2.24) is 4.90 Å². The molecule has 3 nitrogen and oxygen atoms in total. The van der Waals surface area contributed by atoms with Crippen LogP contribution < -0.4 is 5.73 Å². The molecule has 1 aliphatic heterocycles. The van der Waals surface area contributed by atoms with Crippen LogP contribution in [0.2, 0.25) is 0 Å². The van der Waals surface area contributed by atoms with Crippen molar-refractivity contribution in [2.45, 2.75) is 25.4 Å². The van der Waals surface area contributed by atoms with Gasteiger partial charge in [-0.2, -0.15) is 0 Å². The molecule has 2 atom stereocenters. The lowest BCUT2D eigenvalue weighted by Gasteiger charge is -2.16. The van der Waals surface area contributed by atoms with Crippen molar-refractivity contribution in [2.75, 3.05) is 13.1 Å². The van der Waals surface area contributed by atoms with E-state index in [9.17, 15) is 0 Å². The third-order valence-corrected chi connectivity index (χ3v) is 4.95. The van der Waals surface area contributed by atoms with Gasteiger partial charge < -0.3 is 10.2 Å². The Hall–Kier alpha value is -2.10. The fourth-order valence-corrected chi connectivity index (χ4v) is 3.74. The van der Waals surface area contributed by atoms with Crippen molar-refractivity contribution in [3.05, 3.63) is 71.5 Å². The highest BCUT2D eigenvalue weighted by Crippen LogP contribution is 2.31. The lowest BCUT2D eigenvalue weighted by atomic mass is 9.95. The average Bonchev–Trinajstić information content (AvgIpc) is 3.09. The first-order valence-electron chi connectivity index (χ1n) is 8.22. The van der Waals surface area contributed by atoms with Gasteiger partial charge in [-0.15, -0.1) is 0 Å². The summed E-state index contributed by atoms with van der Waals surface area (Å²) in [6, 6.07) is 19.1. The molecule has 2 N–H and O–H groups in total. The minimum atomic E-state index is 0.191. The Morgan fingerprint density at radius 3 is 2.61 bits per heavy atom. The molecule has 3 heteroatoms. The summed E-state index contributed by atoms with van der Waals surface area (Å²) in [5, 5.41) is 1.22. The standard InChI is InChI=1S/C20H22N2O/c1-14-17(16-9-5-6-10-20(16)23-14)11-22-12-18(19(21)13-22)15-7-3-2-4-8-15/h2-10,18-19H,11-13,21H2,1H3/t18-,19+/m0/s1. The molecule has 0 spiro atoms. The average molecular weight is 306 g/mol. The maximum atomic E-state index is 6.42. The van der Waals surface area contributed by atoms with Gasteiger partial charge >= 0.3 is 0 Å². The van der Waals surface area contributed by atoms with E-state index < -0.39 is 0 Å². The van der Waals surface area contributed by atoms with Crippen LogP contribution in [0.4, 0.5) is 0 Å². The first-order chi connectivity index (χ1) is 11.2. The number of hydrogen-bond acceptors (Lipinski definition) is 3. The molecule has 0 amide bonds. The molecule has 0 aliphatic carbocycles. The summed E-state index contributed by atoms with van der Waals surface area (Å²) in [6.07, 6.45) is 0. The Morgan fingerprint density at radius 2 is 1.78 bits per heavy atom. The van der Waals surface area contributed by atoms with Crippen LogP contribution in [-0.4, -0.2) is 24.0 Å². The molecule has 0 saturated carbocycles. The van der Waals surface area contributed by atoms with Gasteiger partial charge in [0.25, 0.3) is 0 Å². The summed E-state index contributed by atoms with van der Waals surface area (Å²) in [5.41, 5.74) is 10.0. The minimum Gasteiger partial charge on any atom is -0.461 e. The summed E-state index contributed by atoms with van der Waals surface area (Å²) >= 11 is 0. The maximum Gasteiger partial charge on any atom is 0.134 e. The third-order valence-electron chi connectivity index (χ3n) is 4.95. The maximum absolute atomic E-state index is 6.42. The van der Waals surface area contributed by atoms with Crippen molar-refractivity contribution in [1.29, 1.82) is 0 Å². The van der Waals surface area contributed by atoms with Crippen molar-refractivity contribution in [2.24, 2.45) is 5.73 Å². The molecule has 23 heavy (non-hydrogen) atoms. The van der Waals surface area contributed by atoms with E-state index in [1.807, 2.05) is 12.1 Å². The Bertz CT molecular complexity index is 809. The highest BCUT2D eigenvalue weighted by Gasteiger charge is 2.31. The van der Waals surface area contributed by atoms with Gasteiger partial charge in [0.05, 0.1) is 0 Å². The van der Waals surface area contributed by atoms with E-state index in [2.05, 4.69) is 54.3 Å². The van der Waals surface area contributed by atoms with Gasteiger partial charge in [-0.05, 0) is 18.6 Å². The molecule has 2 heterocycles. The van der Waals surface area contributed by atoms with E-state index in [-0.39, 0.29) is 6.04 Å². The number of furan rings is 1. The van der Waals surface area contributed by atoms with Gasteiger partial charge in [0.1, 0.15) is 11.3 Å². The van der Waals surface area contributed by atoms with E-state index in [1.54, 1.807) is 0 Å². The number of fused-ring (bicyclic) bond motifs is 1. The molecule has 2 aromatic carbocycles. The zero-order valence-corrected chi connectivity index (χ0v) is 13.4. The normalized spacial score (nSPS) is 22.0. The van der Waals surface area contributed by atoms with Crippen molar-refractivity contribution in [3.8, 4) is 0 Å². The van der Waals surface area contributed by atoms with Crippen LogP contribution in [-0.2, 0) is 6.54 Å². The van der Waals surface area contributed by atoms with E-state index >= 15 is 0 Å². The Balaban J connectivity index is 1.57. The molecular formula is C20H22N2O. The Morgan fingerprint density at radius 1 is 1.04 bits per heavy atom. The highest BCUT2D eigenvalue weighted by molar-refractivity contribution is 5.82. The molecule has 4 rings (SSSR count). The number of hydrogen-bond donors (Lipinski definition) is 1. The minimum absolute atomic E-state index is 0.191. The van der Waals surface area contributed by atoms with Crippen LogP contribution in [0.15, 0.2) is 59.0 Å². The summed E-state index contributed by atoms with van der Waals surface area (Å²) in [5.74, 6) is 1.43. The molecule has 1 aliphatic rings. The number of para-hydroxylation sites is 1. The van der Waals surface area contributed by atoms with Crippen molar-refractivity contribution in [3.63, 3.8) is 0 Å². The third kappa shape index (κ3) is 2.67. The first kappa shape index (κ1) is 14.5. The Labute approximate surface area is 136 Å². The monoisotopic (exact) mass is 306 g/mol. The molecule has 3 aromatic rings. The predicted octanol–water partition coefficient (Wildman–Crippen LogP) is 3.67. The van der Waals surface area contributed by atoms with Crippen LogP contribution in [0, 0.1) is 6.92 Å². The van der Waals surface area contributed by atoms with Crippen molar-refractivity contribution >= 4 is 11.0 Å². The molecule has 0 bridgehead atoms. The first-order valence-corrected chi connectivity index (χ1v) is 8.22. The fraction of sp³-hybridized carbons (Fsp3) is 0.300. The Kier molecular flexibility index (Phi) is 3.68. The molecule has 1 aromatic heterocycles. The second-order valence-electron chi connectivity index (χ2n) is 6.51. The smallest absolute Gasteiger partial charge is 0.134 e. The number of aryl methyl sites for hydroxylation is 1. The van der Waals surface area contributed by atoms with Crippen LogP contribution in [0.5, 0.6) is 0 Å². The molecule has 1 saturated heterocycles. The van der Waals surface area contributed by atoms with Crippen molar-refractivity contribution < 1.29 is 4.42 Å². The molecule has 0 unspecified atom stereocenters. The summed E-state index contributed by atoms with van der Waals surface area (Å²) in [6.45, 7) is 4.89. The van der Waals surface area contributed by atoms with Crippen LogP contribution >= 0.6 is 0 Å². The largest absolute Gasteiger partial charge is 0.461 e.